The summed E-state index contributed by atoms with van der Waals surface area (Å²) in [6.07, 6.45) is 0.999. The van der Waals surface area contributed by atoms with E-state index in [0.717, 1.165) is 43.5 Å². The quantitative estimate of drug-likeness (QED) is 0.635. The van der Waals surface area contributed by atoms with Gasteiger partial charge in [0.15, 0.2) is 5.13 Å². The van der Waals surface area contributed by atoms with Crippen LogP contribution in [0.25, 0.3) is 0 Å². The van der Waals surface area contributed by atoms with E-state index < -0.39 is 0 Å². The molecule has 0 aliphatic rings. The molecule has 0 spiro atoms. The molecule has 116 valence electrons. The molecule has 20 heavy (non-hydrogen) atoms. The minimum Gasteiger partial charge on any atom is -0.385 e. The molecule has 1 rings (SSSR count). The van der Waals surface area contributed by atoms with Crippen molar-refractivity contribution in [3.05, 3.63) is 11.1 Å². The van der Waals surface area contributed by atoms with Crippen molar-refractivity contribution in [2.24, 2.45) is 0 Å². The number of methoxy groups -OCH3 is 2. The lowest BCUT2D eigenvalue weighted by Gasteiger charge is -2.21. The van der Waals surface area contributed by atoms with Crippen LogP contribution in [-0.2, 0) is 16.0 Å². The highest BCUT2D eigenvalue weighted by Crippen LogP contribution is 2.20. The lowest BCUT2D eigenvalue weighted by Crippen LogP contribution is -2.29. The Labute approximate surface area is 126 Å². The van der Waals surface area contributed by atoms with Crippen LogP contribution in [0.3, 0.4) is 0 Å². The molecule has 0 fully saturated rings. The first-order valence-electron chi connectivity index (χ1n) is 7.08. The van der Waals surface area contributed by atoms with Gasteiger partial charge in [-0.2, -0.15) is 0 Å². The number of nitrogens with zero attached hydrogens (tertiary/aromatic N) is 2. The molecule has 1 N–H and O–H groups in total. The lowest BCUT2D eigenvalue weighted by molar-refractivity contribution is 0.191. The maximum absolute atomic E-state index is 5.18. The van der Waals surface area contributed by atoms with E-state index in [-0.39, 0.29) is 0 Å². The predicted octanol–water partition coefficient (Wildman–Crippen LogP) is 2.13. The average molecular weight is 301 g/mol. The third-order valence-electron chi connectivity index (χ3n) is 2.84. The van der Waals surface area contributed by atoms with E-state index in [0.29, 0.717) is 12.6 Å². The summed E-state index contributed by atoms with van der Waals surface area (Å²) >= 11 is 1.70. The van der Waals surface area contributed by atoms with Gasteiger partial charge < -0.3 is 19.7 Å². The fourth-order valence-electron chi connectivity index (χ4n) is 1.74. The van der Waals surface area contributed by atoms with Crippen LogP contribution in [-0.4, -0.2) is 51.5 Å². The molecule has 1 aromatic rings. The van der Waals surface area contributed by atoms with Crippen LogP contribution in [0.2, 0.25) is 0 Å². The second kappa shape index (κ2) is 10.1. The molecule has 0 bridgehead atoms. The minimum atomic E-state index is 0.478. The smallest absolute Gasteiger partial charge is 0.185 e. The van der Waals surface area contributed by atoms with E-state index in [1.807, 2.05) is 0 Å². The Kier molecular flexibility index (Phi) is 8.77. The molecule has 0 aromatic carbocycles. The molecule has 5 nitrogen and oxygen atoms in total. The summed E-state index contributed by atoms with van der Waals surface area (Å²) < 4.78 is 10.3. The fraction of sp³-hybridized carbons (Fsp3) is 0.786. The first-order chi connectivity index (χ1) is 9.67. The molecule has 1 heterocycles. The third kappa shape index (κ3) is 6.65. The first kappa shape index (κ1) is 17.4. The van der Waals surface area contributed by atoms with Crippen molar-refractivity contribution < 1.29 is 9.47 Å². The molecule has 0 amide bonds. The van der Waals surface area contributed by atoms with Gasteiger partial charge in [-0.05, 0) is 6.42 Å². The highest BCUT2D eigenvalue weighted by Gasteiger charge is 2.11. The van der Waals surface area contributed by atoms with Crippen molar-refractivity contribution in [1.29, 1.82) is 0 Å². The normalized spacial score (nSPS) is 11.2. The second-order valence-corrected chi connectivity index (χ2v) is 5.82. The van der Waals surface area contributed by atoms with Crippen LogP contribution >= 0.6 is 11.3 Å². The molecule has 0 aliphatic carbocycles. The summed E-state index contributed by atoms with van der Waals surface area (Å²) in [4.78, 5) is 6.97. The summed E-state index contributed by atoms with van der Waals surface area (Å²) in [5.74, 6) is 0. The summed E-state index contributed by atoms with van der Waals surface area (Å²) in [6.45, 7) is 8.41. The van der Waals surface area contributed by atoms with E-state index in [4.69, 9.17) is 14.5 Å². The van der Waals surface area contributed by atoms with Crippen LogP contribution in [0.4, 0.5) is 5.13 Å². The van der Waals surface area contributed by atoms with E-state index >= 15 is 0 Å². The number of ether oxygens (including phenoxy) is 2. The Balaban J connectivity index is 2.55. The molecule has 0 aliphatic heterocycles. The van der Waals surface area contributed by atoms with Crippen LogP contribution in [0, 0.1) is 0 Å². The maximum Gasteiger partial charge on any atom is 0.185 e. The summed E-state index contributed by atoms with van der Waals surface area (Å²) in [5.41, 5.74) is 1.10. The van der Waals surface area contributed by atoms with E-state index in [1.54, 1.807) is 25.6 Å². The number of thiazole rings is 1. The summed E-state index contributed by atoms with van der Waals surface area (Å²) in [7, 11) is 3.46. The van der Waals surface area contributed by atoms with Crippen molar-refractivity contribution in [1.82, 2.24) is 10.3 Å². The lowest BCUT2D eigenvalue weighted by atomic mass is 10.4. The number of rotatable bonds is 11. The zero-order valence-corrected chi connectivity index (χ0v) is 13.8. The van der Waals surface area contributed by atoms with Crippen molar-refractivity contribution in [2.75, 3.05) is 45.4 Å². The van der Waals surface area contributed by atoms with Gasteiger partial charge in [-0.25, -0.2) is 4.98 Å². The highest BCUT2D eigenvalue weighted by atomic mass is 32.1. The largest absolute Gasteiger partial charge is 0.385 e. The zero-order valence-electron chi connectivity index (χ0n) is 13.0. The van der Waals surface area contributed by atoms with E-state index in [9.17, 15) is 0 Å². The first-order valence-corrected chi connectivity index (χ1v) is 7.96. The topological polar surface area (TPSA) is 46.6 Å². The number of hydrogen-bond donors (Lipinski definition) is 1. The molecule has 1 aromatic heterocycles. The van der Waals surface area contributed by atoms with Gasteiger partial charge >= 0.3 is 0 Å². The molecule has 0 saturated carbocycles. The van der Waals surface area contributed by atoms with Gasteiger partial charge in [0.1, 0.15) is 0 Å². The van der Waals surface area contributed by atoms with Gasteiger partial charge in [0.2, 0.25) is 0 Å². The van der Waals surface area contributed by atoms with Crippen molar-refractivity contribution >= 4 is 16.5 Å². The zero-order chi connectivity index (χ0) is 14.8. The SMILES string of the molecule is COCCCN(CCOC)c1nc(CNC(C)C)cs1. The van der Waals surface area contributed by atoms with Crippen molar-refractivity contribution in [3.63, 3.8) is 0 Å². The van der Waals surface area contributed by atoms with Crippen molar-refractivity contribution in [3.8, 4) is 0 Å². The Morgan fingerprint density at radius 2 is 2.00 bits per heavy atom. The Morgan fingerprint density at radius 1 is 1.25 bits per heavy atom. The Morgan fingerprint density at radius 3 is 2.65 bits per heavy atom. The summed E-state index contributed by atoms with van der Waals surface area (Å²) in [6, 6.07) is 0.478. The third-order valence-corrected chi connectivity index (χ3v) is 3.79. The van der Waals surface area contributed by atoms with Crippen LogP contribution in [0.1, 0.15) is 26.0 Å². The monoisotopic (exact) mass is 301 g/mol. The minimum absolute atomic E-state index is 0.478. The average Bonchev–Trinajstić information content (AvgIpc) is 2.89. The van der Waals surface area contributed by atoms with Gasteiger partial charge in [0.25, 0.3) is 0 Å². The second-order valence-electron chi connectivity index (χ2n) is 4.98. The molecular formula is C14H27N3O2S. The number of aromatic nitrogens is 1. The number of nitrogens with one attached hydrogen (secondary N) is 1. The fourth-order valence-corrected chi connectivity index (χ4v) is 2.61. The number of anilines is 1. The van der Waals surface area contributed by atoms with Gasteiger partial charge in [-0.3, -0.25) is 0 Å². The van der Waals surface area contributed by atoms with E-state index in [2.05, 4.69) is 29.4 Å². The standard InChI is InChI=1S/C14H27N3O2S/c1-12(2)15-10-13-11-20-14(16-13)17(7-9-19-4)6-5-8-18-3/h11-12,15H,5-10H2,1-4H3. The van der Waals surface area contributed by atoms with Gasteiger partial charge in [0.05, 0.1) is 12.3 Å². The van der Waals surface area contributed by atoms with Gasteiger partial charge in [-0.1, -0.05) is 13.8 Å². The van der Waals surface area contributed by atoms with Crippen LogP contribution < -0.4 is 10.2 Å². The number of hydrogen-bond acceptors (Lipinski definition) is 6. The summed E-state index contributed by atoms with van der Waals surface area (Å²) in [5, 5.41) is 6.58. The Hall–Kier alpha value is -0.690. The molecule has 0 atom stereocenters. The maximum atomic E-state index is 5.18. The van der Waals surface area contributed by atoms with Gasteiger partial charge in [-0.15, -0.1) is 11.3 Å². The molecule has 0 radical (unpaired) electrons. The molecule has 0 saturated heterocycles. The molecule has 0 unspecified atom stereocenters. The van der Waals surface area contributed by atoms with Gasteiger partial charge in [0, 0.05) is 51.9 Å². The van der Waals surface area contributed by atoms with Crippen molar-refractivity contribution in [2.45, 2.75) is 32.9 Å². The predicted molar refractivity (Wildman–Crippen MR) is 84.7 cm³/mol. The highest BCUT2D eigenvalue weighted by molar-refractivity contribution is 7.13. The Bertz CT molecular complexity index is 358. The van der Waals surface area contributed by atoms with Crippen LogP contribution in [0.5, 0.6) is 0 Å². The van der Waals surface area contributed by atoms with E-state index in [1.165, 1.54) is 0 Å². The molecule has 6 heteroatoms. The molecular weight excluding hydrogens is 274 g/mol. The van der Waals surface area contributed by atoms with Crippen LogP contribution in [0.15, 0.2) is 5.38 Å².